The Morgan fingerprint density at radius 2 is 1.97 bits per heavy atom. The van der Waals surface area contributed by atoms with Gasteiger partial charge < -0.3 is 0 Å². The van der Waals surface area contributed by atoms with Crippen molar-refractivity contribution in [1.29, 1.82) is 0 Å². The van der Waals surface area contributed by atoms with Crippen molar-refractivity contribution in [2.24, 2.45) is 7.05 Å². The smallest absolute Gasteiger partial charge is 0.159 e. The van der Waals surface area contributed by atoms with E-state index in [0.29, 0.717) is 5.56 Å². The maximum Gasteiger partial charge on any atom is 0.159 e. The van der Waals surface area contributed by atoms with E-state index in [1.165, 1.54) is 0 Å². The fraction of sp³-hybridized carbons (Fsp3) is 0.250. The Bertz CT molecular complexity index is 1220. The Balaban J connectivity index is 2.06. The standard InChI is InChI=1S/C24H24N4O/c1-5-7-22-23(24(27-28(22)4)21-9-6-8-15(2)26-21)18-12-13-25-20-11-10-17(16(3)29)14-19(18)20/h6,8-14H,5,7H2,1-4H3. The third-order valence-electron chi connectivity index (χ3n) is 5.20. The zero-order chi connectivity index (χ0) is 20.5. The van der Waals surface area contributed by atoms with E-state index in [4.69, 9.17) is 10.1 Å². The summed E-state index contributed by atoms with van der Waals surface area (Å²) in [5.74, 6) is 0.0437. The molecule has 1 aromatic carbocycles. The van der Waals surface area contributed by atoms with E-state index in [0.717, 1.165) is 57.6 Å². The van der Waals surface area contributed by atoms with Crippen molar-refractivity contribution in [1.82, 2.24) is 19.7 Å². The molecule has 29 heavy (non-hydrogen) atoms. The number of pyridine rings is 2. The Kier molecular flexibility index (Phi) is 4.97. The molecule has 0 atom stereocenters. The number of aryl methyl sites for hydroxylation is 2. The van der Waals surface area contributed by atoms with Gasteiger partial charge in [-0.1, -0.05) is 19.4 Å². The van der Waals surface area contributed by atoms with Crippen LogP contribution in [0.1, 0.15) is 42.0 Å². The number of nitrogens with zero attached hydrogens (tertiary/aromatic N) is 4. The summed E-state index contributed by atoms with van der Waals surface area (Å²) >= 11 is 0. The molecule has 4 rings (SSSR count). The van der Waals surface area contributed by atoms with Crippen LogP contribution in [-0.2, 0) is 13.5 Å². The molecule has 0 spiro atoms. The first-order chi connectivity index (χ1) is 14.0. The van der Waals surface area contributed by atoms with E-state index in [2.05, 4.69) is 11.9 Å². The number of carbonyl (C=O) groups is 1. The number of hydrogen-bond donors (Lipinski definition) is 0. The predicted molar refractivity (Wildman–Crippen MR) is 116 cm³/mol. The zero-order valence-electron chi connectivity index (χ0n) is 17.2. The molecular weight excluding hydrogens is 360 g/mol. The predicted octanol–water partition coefficient (Wildman–Crippen LogP) is 5.16. The maximum atomic E-state index is 12.0. The lowest BCUT2D eigenvalue weighted by molar-refractivity contribution is 0.101. The lowest BCUT2D eigenvalue weighted by Gasteiger charge is -2.11. The van der Waals surface area contributed by atoms with Crippen molar-refractivity contribution in [3.05, 3.63) is 65.6 Å². The molecule has 0 saturated heterocycles. The molecule has 5 nitrogen and oxygen atoms in total. The van der Waals surface area contributed by atoms with Gasteiger partial charge in [-0.3, -0.25) is 19.4 Å². The first kappa shape index (κ1) is 19.0. The first-order valence-electron chi connectivity index (χ1n) is 9.89. The highest BCUT2D eigenvalue weighted by atomic mass is 16.1. The van der Waals surface area contributed by atoms with Crippen molar-refractivity contribution >= 4 is 16.7 Å². The van der Waals surface area contributed by atoms with Gasteiger partial charge >= 0.3 is 0 Å². The summed E-state index contributed by atoms with van der Waals surface area (Å²) in [5, 5.41) is 5.81. The number of rotatable bonds is 5. The van der Waals surface area contributed by atoms with Gasteiger partial charge in [0.2, 0.25) is 0 Å². The van der Waals surface area contributed by atoms with Crippen LogP contribution in [0.2, 0.25) is 0 Å². The summed E-state index contributed by atoms with van der Waals surface area (Å²) in [7, 11) is 1.98. The third kappa shape index (κ3) is 3.44. The van der Waals surface area contributed by atoms with E-state index in [1.54, 1.807) is 6.92 Å². The Morgan fingerprint density at radius 3 is 2.69 bits per heavy atom. The number of fused-ring (bicyclic) bond motifs is 1. The fourth-order valence-corrected chi connectivity index (χ4v) is 3.80. The summed E-state index contributed by atoms with van der Waals surface area (Å²) in [6, 6.07) is 13.7. The van der Waals surface area contributed by atoms with Gasteiger partial charge in [-0.05, 0) is 62.2 Å². The highest BCUT2D eigenvalue weighted by Crippen LogP contribution is 2.38. The molecule has 0 saturated carbocycles. The second-order valence-electron chi connectivity index (χ2n) is 7.35. The van der Waals surface area contributed by atoms with Crippen molar-refractivity contribution in [2.45, 2.75) is 33.6 Å². The van der Waals surface area contributed by atoms with Crippen LogP contribution in [-0.4, -0.2) is 25.5 Å². The Labute approximate surface area is 170 Å². The number of Topliss-reactive ketones (excluding diaryl/α,β-unsaturated/α-hetero) is 1. The van der Waals surface area contributed by atoms with Crippen molar-refractivity contribution < 1.29 is 4.79 Å². The third-order valence-corrected chi connectivity index (χ3v) is 5.20. The number of benzene rings is 1. The summed E-state index contributed by atoms with van der Waals surface area (Å²) in [5.41, 5.74) is 7.48. The van der Waals surface area contributed by atoms with Gasteiger partial charge in [-0.2, -0.15) is 5.10 Å². The van der Waals surface area contributed by atoms with E-state index in [1.807, 2.05) is 67.3 Å². The average Bonchev–Trinajstić information content (AvgIpc) is 3.03. The van der Waals surface area contributed by atoms with Crippen LogP contribution in [0, 0.1) is 6.92 Å². The van der Waals surface area contributed by atoms with Crippen LogP contribution in [0.25, 0.3) is 33.4 Å². The largest absolute Gasteiger partial charge is 0.295 e. The van der Waals surface area contributed by atoms with Crippen molar-refractivity contribution in [2.75, 3.05) is 0 Å². The van der Waals surface area contributed by atoms with Gasteiger partial charge in [-0.15, -0.1) is 0 Å². The highest BCUT2D eigenvalue weighted by Gasteiger charge is 2.22. The minimum Gasteiger partial charge on any atom is -0.295 e. The van der Waals surface area contributed by atoms with Gasteiger partial charge in [0, 0.05) is 41.1 Å². The number of hydrogen-bond acceptors (Lipinski definition) is 4. The minimum atomic E-state index is 0.0437. The zero-order valence-corrected chi connectivity index (χ0v) is 17.2. The second-order valence-corrected chi connectivity index (χ2v) is 7.35. The molecule has 4 aromatic rings. The minimum absolute atomic E-state index is 0.0437. The first-order valence-corrected chi connectivity index (χ1v) is 9.89. The average molecular weight is 384 g/mol. The maximum absolute atomic E-state index is 12.0. The Morgan fingerprint density at radius 1 is 1.14 bits per heavy atom. The quantitative estimate of drug-likeness (QED) is 0.446. The molecule has 0 radical (unpaired) electrons. The number of aromatic nitrogens is 4. The van der Waals surface area contributed by atoms with Gasteiger partial charge in [-0.25, -0.2) is 0 Å². The normalized spacial score (nSPS) is 11.2. The summed E-state index contributed by atoms with van der Waals surface area (Å²) in [6.45, 7) is 5.74. The Hall–Kier alpha value is -3.34. The molecule has 0 aliphatic rings. The molecule has 0 aliphatic heterocycles. The van der Waals surface area contributed by atoms with Gasteiger partial charge in [0.05, 0.1) is 11.2 Å². The molecule has 0 N–H and O–H groups in total. The highest BCUT2D eigenvalue weighted by molar-refractivity contribution is 6.03. The molecule has 3 heterocycles. The van der Waals surface area contributed by atoms with Crippen molar-refractivity contribution in [3.63, 3.8) is 0 Å². The van der Waals surface area contributed by atoms with Crippen LogP contribution < -0.4 is 0 Å². The fourth-order valence-electron chi connectivity index (χ4n) is 3.80. The van der Waals surface area contributed by atoms with Crippen LogP contribution in [0.4, 0.5) is 0 Å². The SMILES string of the molecule is CCCc1c(-c2ccnc3ccc(C(C)=O)cc23)c(-c2cccc(C)n2)nn1C. The molecule has 0 unspecified atom stereocenters. The lowest BCUT2D eigenvalue weighted by atomic mass is 9.95. The van der Waals surface area contributed by atoms with E-state index >= 15 is 0 Å². The van der Waals surface area contributed by atoms with E-state index in [9.17, 15) is 4.79 Å². The molecule has 3 aromatic heterocycles. The number of carbonyl (C=O) groups excluding carboxylic acids is 1. The van der Waals surface area contributed by atoms with Gasteiger partial charge in [0.25, 0.3) is 0 Å². The van der Waals surface area contributed by atoms with Crippen molar-refractivity contribution in [3.8, 4) is 22.5 Å². The summed E-state index contributed by atoms with van der Waals surface area (Å²) in [6.07, 6.45) is 3.73. The monoisotopic (exact) mass is 384 g/mol. The van der Waals surface area contributed by atoms with Crippen LogP contribution in [0.15, 0.2) is 48.7 Å². The molecule has 0 bridgehead atoms. The summed E-state index contributed by atoms with van der Waals surface area (Å²) in [4.78, 5) is 21.2. The van der Waals surface area contributed by atoms with Gasteiger partial charge in [0.15, 0.2) is 5.78 Å². The van der Waals surface area contributed by atoms with Crippen LogP contribution in [0.5, 0.6) is 0 Å². The lowest BCUT2D eigenvalue weighted by Crippen LogP contribution is -1.99. The van der Waals surface area contributed by atoms with E-state index in [-0.39, 0.29) is 5.78 Å². The summed E-state index contributed by atoms with van der Waals surface area (Å²) < 4.78 is 1.96. The molecule has 146 valence electrons. The molecule has 0 amide bonds. The van der Waals surface area contributed by atoms with E-state index < -0.39 is 0 Å². The second kappa shape index (κ2) is 7.59. The van der Waals surface area contributed by atoms with Gasteiger partial charge in [0.1, 0.15) is 5.69 Å². The van der Waals surface area contributed by atoms with Crippen LogP contribution in [0.3, 0.4) is 0 Å². The molecule has 5 heteroatoms. The topological polar surface area (TPSA) is 60.7 Å². The number of ketones is 1. The molecular formula is C24H24N4O. The molecule has 0 aliphatic carbocycles. The van der Waals surface area contributed by atoms with Crippen LogP contribution >= 0.6 is 0 Å². The molecule has 0 fully saturated rings.